The molecular weight excluding hydrogens is 286 g/mol. The highest BCUT2D eigenvalue weighted by atomic mass is 16.3. The van der Waals surface area contributed by atoms with E-state index in [4.69, 9.17) is 10.2 Å². The summed E-state index contributed by atoms with van der Waals surface area (Å²) in [6, 6.07) is 3.41. The Bertz CT molecular complexity index is 899. The Morgan fingerprint density at radius 3 is 2.73 bits per heavy atom. The molecule has 8 nitrogen and oxygen atoms in total. The lowest BCUT2D eigenvalue weighted by Crippen LogP contribution is -2.19. The van der Waals surface area contributed by atoms with Crippen molar-refractivity contribution in [2.24, 2.45) is 19.8 Å². The Morgan fingerprint density at radius 1 is 1.36 bits per heavy atom. The fraction of sp³-hybridized carbons (Fsp3) is 0.214. The first-order valence-corrected chi connectivity index (χ1v) is 6.57. The van der Waals surface area contributed by atoms with Crippen LogP contribution in [0.2, 0.25) is 0 Å². The van der Waals surface area contributed by atoms with E-state index in [1.54, 1.807) is 44.0 Å². The third-order valence-corrected chi connectivity index (χ3v) is 3.70. The molecule has 0 aliphatic heterocycles. The molecule has 0 saturated heterocycles. The van der Waals surface area contributed by atoms with Crippen molar-refractivity contribution in [3.63, 3.8) is 0 Å². The predicted molar refractivity (Wildman–Crippen MR) is 79.6 cm³/mol. The number of amides is 2. The van der Waals surface area contributed by atoms with Gasteiger partial charge in [0.2, 0.25) is 0 Å². The van der Waals surface area contributed by atoms with Crippen LogP contribution in [0, 0.1) is 6.92 Å². The molecule has 3 aromatic rings. The standard InChI is InChI=1S/C14H15N5O3/c1-7-11(12(13(15)20)17-19(7)3)16-14(21)9-6-10-8(18(9)2)4-5-22-10/h4-6H,1-3H3,(H2,15,20)(H,16,21). The number of hydrogen-bond donors (Lipinski definition) is 2. The molecule has 114 valence electrons. The van der Waals surface area contributed by atoms with Crippen molar-refractivity contribution in [1.82, 2.24) is 14.3 Å². The van der Waals surface area contributed by atoms with Crippen LogP contribution in [0.25, 0.3) is 11.1 Å². The van der Waals surface area contributed by atoms with Crippen LogP contribution in [0.15, 0.2) is 22.8 Å². The summed E-state index contributed by atoms with van der Waals surface area (Å²) in [4.78, 5) is 23.9. The number of nitrogens with two attached hydrogens (primary N) is 1. The summed E-state index contributed by atoms with van der Waals surface area (Å²) in [6.07, 6.45) is 1.56. The molecule has 0 atom stereocenters. The number of furan rings is 1. The second kappa shape index (κ2) is 4.76. The number of aryl methyl sites for hydroxylation is 2. The molecule has 0 radical (unpaired) electrons. The van der Waals surface area contributed by atoms with E-state index in [2.05, 4.69) is 10.4 Å². The van der Waals surface area contributed by atoms with Gasteiger partial charge in [-0.15, -0.1) is 0 Å². The van der Waals surface area contributed by atoms with Crippen LogP contribution in [0.5, 0.6) is 0 Å². The number of hydrogen-bond acceptors (Lipinski definition) is 4. The van der Waals surface area contributed by atoms with Crippen molar-refractivity contribution in [1.29, 1.82) is 0 Å². The van der Waals surface area contributed by atoms with Crippen molar-refractivity contribution in [2.45, 2.75) is 6.92 Å². The molecule has 0 aliphatic rings. The molecule has 0 spiro atoms. The number of primary amides is 1. The lowest BCUT2D eigenvalue weighted by atomic mass is 10.2. The van der Waals surface area contributed by atoms with E-state index in [0.29, 0.717) is 22.7 Å². The Kier molecular flexibility index (Phi) is 3.01. The second-order valence-electron chi connectivity index (χ2n) is 5.01. The van der Waals surface area contributed by atoms with E-state index in [1.807, 2.05) is 0 Å². The molecule has 0 fully saturated rings. The van der Waals surface area contributed by atoms with Gasteiger partial charge in [0.05, 0.1) is 23.2 Å². The van der Waals surface area contributed by atoms with Gasteiger partial charge < -0.3 is 20.0 Å². The SMILES string of the molecule is Cc1c(NC(=O)c2cc3occc3n2C)c(C(N)=O)nn1C. The number of fused-ring (bicyclic) bond motifs is 1. The van der Waals surface area contributed by atoms with E-state index in [-0.39, 0.29) is 11.6 Å². The van der Waals surface area contributed by atoms with Gasteiger partial charge in [0.25, 0.3) is 11.8 Å². The smallest absolute Gasteiger partial charge is 0.272 e. The highest BCUT2D eigenvalue weighted by molar-refractivity contribution is 6.09. The third-order valence-electron chi connectivity index (χ3n) is 3.70. The number of aromatic nitrogens is 3. The van der Waals surface area contributed by atoms with Gasteiger partial charge in [-0.1, -0.05) is 0 Å². The third kappa shape index (κ3) is 1.96. The van der Waals surface area contributed by atoms with Crippen LogP contribution in [-0.2, 0) is 14.1 Å². The van der Waals surface area contributed by atoms with Crippen molar-refractivity contribution in [3.8, 4) is 0 Å². The molecule has 3 aromatic heterocycles. The Labute approximate surface area is 125 Å². The minimum absolute atomic E-state index is 0.0336. The fourth-order valence-corrected chi connectivity index (χ4v) is 2.38. The summed E-state index contributed by atoms with van der Waals surface area (Å²) in [5, 5.41) is 6.72. The van der Waals surface area contributed by atoms with Crippen LogP contribution in [0.1, 0.15) is 26.7 Å². The summed E-state index contributed by atoms with van der Waals surface area (Å²) in [5.74, 6) is -1.06. The van der Waals surface area contributed by atoms with E-state index in [9.17, 15) is 9.59 Å². The first kappa shape index (κ1) is 13.9. The van der Waals surface area contributed by atoms with Gasteiger partial charge in [-0.05, 0) is 6.92 Å². The van der Waals surface area contributed by atoms with E-state index in [0.717, 1.165) is 5.52 Å². The van der Waals surface area contributed by atoms with Crippen LogP contribution in [-0.4, -0.2) is 26.2 Å². The Balaban J connectivity index is 1.99. The van der Waals surface area contributed by atoms with Crippen LogP contribution in [0.3, 0.4) is 0 Å². The normalized spacial score (nSPS) is 11.0. The largest absolute Gasteiger partial charge is 0.463 e. The van der Waals surface area contributed by atoms with E-state index in [1.165, 1.54) is 4.68 Å². The van der Waals surface area contributed by atoms with E-state index >= 15 is 0 Å². The molecule has 0 bridgehead atoms. The Hall–Kier alpha value is -3.03. The quantitative estimate of drug-likeness (QED) is 0.756. The van der Waals surface area contributed by atoms with E-state index < -0.39 is 5.91 Å². The van der Waals surface area contributed by atoms with Crippen LogP contribution in [0.4, 0.5) is 5.69 Å². The molecule has 22 heavy (non-hydrogen) atoms. The molecule has 2 amide bonds. The van der Waals surface area contributed by atoms with Crippen LogP contribution < -0.4 is 11.1 Å². The van der Waals surface area contributed by atoms with Gasteiger partial charge in [0.15, 0.2) is 11.3 Å². The summed E-state index contributed by atoms with van der Waals surface area (Å²) in [5.41, 5.74) is 8.12. The number of rotatable bonds is 3. The van der Waals surface area contributed by atoms with Crippen LogP contribution >= 0.6 is 0 Å². The highest BCUT2D eigenvalue weighted by Gasteiger charge is 2.22. The molecule has 0 aliphatic carbocycles. The zero-order chi connectivity index (χ0) is 16.0. The molecule has 3 rings (SSSR count). The summed E-state index contributed by atoms with van der Waals surface area (Å²) >= 11 is 0. The van der Waals surface area contributed by atoms with Gasteiger partial charge in [0, 0.05) is 26.2 Å². The number of anilines is 1. The van der Waals surface area contributed by atoms with Crippen molar-refractivity contribution >= 4 is 28.6 Å². The molecule has 8 heteroatoms. The summed E-state index contributed by atoms with van der Waals surface area (Å²) in [7, 11) is 3.44. The van der Waals surface area contributed by atoms with Gasteiger partial charge in [-0.3, -0.25) is 14.3 Å². The van der Waals surface area contributed by atoms with Crippen molar-refractivity contribution < 1.29 is 14.0 Å². The number of carbonyl (C=O) groups is 2. The number of nitrogens with zero attached hydrogens (tertiary/aromatic N) is 3. The molecule has 0 aromatic carbocycles. The van der Waals surface area contributed by atoms with Gasteiger partial charge in [-0.25, -0.2) is 0 Å². The van der Waals surface area contributed by atoms with Gasteiger partial charge in [0.1, 0.15) is 5.69 Å². The maximum Gasteiger partial charge on any atom is 0.272 e. The average molecular weight is 301 g/mol. The molecule has 0 saturated carbocycles. The lowest BCUT2D eigenvalue weighted by molar-refractivity contribution is 0.0995. The molecule has 3 N–H and O–H groups in total. The van der Waals surface area contributed by atoms with Crippen molar-refractivity contribution in [2.75, 3.05) is 5.32 Å². The summed E-state index contributed by atoms with van der Waals surface area (Å²) < 4.78 is 8.48. The first-order valence-electron chi connectivity index (χ1n) is 6.57. The number of nitrogens with one attached hydrogen (secondary N) is 1. The minimum atomic E-state index is -0.695. The molecule has 0 unspecified atom stereocenters. The molecular formula is C14H15N5O3. The topological polar surface area (TPSA) is 108 Å². The van der Waals surface area contributed by atoms with Gasteiger partial charge in [-0.2, -0.15) is 5.10 Å². The maximum absolute atomic E-state index is 12.5. The minimum Gasteiger partial charge on any atom is -0.463 e. The second-order valence-corrected chi connectivity index (χ2v) is 5.01. The van der Waals surface area contributed by atoms with Crippen molar-refractivity contribution in [3.05, 3.63) is 35.5 Å². The zero-order valence-electron chi connectivity index (χ0n) is 12.4. The lowest BCUT2D eigenvalue weighted by Gasteiger charge is -2.07. The molecule has 3 heterocycles. The Morgan fingerprint density at radius 2 is 2.09 bits per heavy atom. The number of carbonyl (C=O) groups excluding carboxylic acids is 2. The predicted octanol–water partition coefficient (Wildman–Crippen LogP) is 1.16. The zero-order valence-corrected chi connectivity index (χ0v) is 12.4. The fourth-order valence-electron chi connectivity index (χ4n) is 2.38. The average Bonchev–Trinajstić information content (AvgIpc) is 3.11. The monoisotopic (exact) mass is 301 g/mol. The maximum atomic E-state index is 12.5. The highest BCUT2D eigenvalue weighted by Crippen LogP contribution is 2.23. The first-order chi connectivity index (χ1) is 10.4. The van der Waals surface area contributed by atoms with Gasteiger partial charge >= 0.3 is 0 Å². The summed E-state index contributed by atoms with van der Waals surface area (Å²) in [6.45, 7) is 1.74.